The van der Waals surface area contributed by atoms with E-state index in [1.807, 2.05) is 16.8 Å². The largest absolute Gasteiger partial charge is 0.260 e. The average Bonchev–Trinajstić information content (AvgIpc) is 2.86. The van der Waals surface area contributed by atoms with Gasteiger partial charge in [-0.3, -0.25) is 0 Å². The monoisotopic (exact) mass is 336 g/mol. The summed E-state index contributed by atoms with van der Waals surface area (Å²) in [6.45, 7) is 0.253. The lowest BCUT2D eigenvalue weighted by molar-refractivity contribution is 0.560. The van der Waals surface area contributed by atoms with Crippen molar-refractivity contribution in [2.45, 2.75) is 11.6 Å². The molecule has 0 atom stereocenters. The molecule has 0 aliphatic carbocycles. The lowest BCUT2D eigenvalue weighted by Gasteiger charge is -2.05. The van der Waals surface area contributed by atoms with Crippen LogP contribution in [0.5, 0.6) is 0 Å². The highest BCUT2D eigenvalue weighted by Crippen LogP contribution is 2.18. The third kappa shape index (κ3) is 2.73. The van der Waals surface area contributed by atoms with Crippen molar-refractivity contribution in [3.8, 4) is 0 Å². The van der Waals surface area contributed by atoms with E-state index in [1.54, 1.807) is 0 Å². The summed E-state index contributed by atoms with van der Waals surface area (Å²) in [5.41, 5.74) is 0.921. The second-order valence-electron chi connectivity index (χ2n) is 3.27. The average molecular weight is 337 g/mol. The van der Waals surface area contributed by atoms with E-state index in [2.05, 4.69) is 31.0 Å². The van der Waals surface area contributed by atoms with Gasteiger partial charge in [-0.15, -0.1) is 5.10 Å². The zero-order valence-corrected chi connectivity index (χ0v) is 12.0. The summed E-state index contributed by atoms with van der Waals surface area (Å²) in [6.07, 6.45) is 0. The van der Waals surface area contributed by atoms with Crippen LogP contribution >= 0.6 is 27.3 Å². The minimum Gasteiger partial charge on any atom is -0.235 e. The van der Waals surface area contributed by atoms with Crippen molar-refractivity contribution in [2.24, 2.45) is 7.05 Å². The molecule has 0 aromatic carbocycles. The number of hydrogen-bond donors (Lipinski definition) is 1. The number of rotatable bonds is 4. The molecular weight excluding hydrogens is 328 g/mol. The molecule has 0 saturated heterocycles. The summed E-state index contributed by atoms with van der Waals surface area (Å²) in [6, 6.07) is 1.86. The molecule has 0 fully saturated rings. The molecule has 0 radical (unpaired) electrons. The molecule has 0 spiro atoms. The van der Waals surface area contributed by atoms with E-state index < -0.39 is 10.0 Å². The van der Waals surface area contributed by atoms with Gasteiger partial charge in [0.15, 0.2) is 4.60 Å². The molecule has 9 heteroatoms. The quantitative estimate of drug-likeness (QED) is 0.907. The number of thiophene rings is 1. The highest BCUT2D eigenvalue weighted by molar-refractivity contribution is 9.10. The van der Waals surface area contributed by atoms with Crippen LogP contribution in [0.3, 0.4) is 0 Å². The number of nitrogens with one attached hydrogen (secondary N) is 1. The first-order valence-electron chi connectivity index (χ1n) is 4.56. The van der Waals surface area contributed by atoms with Gasteiger partial charge in [0.05, 0.1) is 0 Å². The molecule has 17 heavy (non-hydrogen) atoms. The van der Waals surface area contributed by atoms with Crippen LogP contribution in [0, 0.1) is 0 Å². The zero-order valence-electron chi connectivity index (χ0n) is 8.79. The highest BCUT2D eigenvalue weighted by atomic mass is 79.9. The van der Waals surface area contributed by atoms with Crippen molar-refractivity contribution >= 4 is 37.3 Å². The Bertz CT molecular complexity index is 586. The number of halogens is 1. The van der Waals surface area contributed by atoms with Crippen LogP contribution in [0.4, 0.5) is 0 Å². The maximum atomic E-state index is 12.0. The van der Waals surface area contributed by atoms with Crippen molar-refractivity contribution in [3.05, 3.63) is 27.0 Å². The number of sulfonamides is 1. The Labute approximate surface area is 111 Å². The van der Waals surface area contributed by atoms with Gasteiger partial charge in [0.1, 0.15) is 0 Å². The molecule has 2 rings (SSSR count). The van der Waals surface area contributed by atoms with Crippen molar-refractivity contribution in [1.29, 1.82) is 0 Å². The number of aromatic nitrogens is 3. The number of aryl methyl sites for hydroxylation is 1. The third-order valence-corrected chi connectivity index (χ3v) is 5.06. The maximum Gasteiger partial charge on any atom is 0.260 e. The van der Waals surface area contributed by atoms with E-state index in [0.717, 1.165) is 5.56 Å². The smallest absolute Gasteiger partial charge is 0.235 e. The van der Waals surface area contributed by atoms with Gasteiger partial charge in [-0.1, -0.05) is 5.21 Å². The molecule has 2 aromatic rings. The predicted octanol–water partition coefficient (Wildman–Crippen LogP) is 1.12. The van der Waals surface area contributed by atoms with Gasteiger partial charge in [-0.25, -0.2) is 17.8 Å². The molecule has 6 nitrogen and oxygen atoms in total. The Balaban J connectivity index is 2.20. The third-order valence-electron chi connectivity index (χ3n) is 2.04. The maximum absolute atomic E-state index is 12.0. The fourth-order valence-corrected chi connectivity index (χ4v) is 4.02. The van der Waals surface area contributed by atoms with Crippen molar-refractivity contribution in [1.82, 2.24) is 19.7 Å². The van der Waals surface area contributed by atoms with Crippen LogP contribution in [0.25, 0.3) is 0 Å². The molecule has 2 aromatic heterocycles. The molecule has 0 saturated carbocycles. The lowest BCUT2D eigenvalue weighted by atomic mass is 10.4. The predicted molar refractivity (Wildman–Crippen MR) is 67.0 cm³/mol. The molecule has 0 aliphatic heterocycles. The molecule has 0 amide bonds. The second-order valence-corrected chi connectivity index (χ2v) is 6.48. The molecule has 0 bridgehead atoms. The van der Waals surface area contributed by atoms with Gasteiger partial charge < -0.3 is 0 Å². The van der Waals surface area contributed by atoms with Gasteiger partial charge >= 0.3 is 0 Å². The standard InChI is InChI=1S/C8H9BrN4O2S2/c1-13-8(7(9)11-12-13)17(14,15)10-4-6-2-3-16-5-6/h2-3,5,10H,4H2,1H3. The Morgan fingerprint density at radius 3 is 2.88 bits per heavy atom. The summed E-state index contributed by atoms with van der Waals surface area (Å²) in [7, 11) is -2.08. The SMILES string of the molecule is Cn1nnc(Br)c1S(=O)(=O)NCc1ccsc1. The number of nitrogens with zero attached hydrogens (tertiary/aromatic N) is 3. The van der Waals surface area contributed by atoms with Crippen LogP contribution in [-0.4, -0.2) is 23.4 Å². The van der Waals surface area contributed by atoms with Gasteiger partial charge in [0.25, 0.3) is 10.0 Å². The van der Waals surface area contributed by atoms with Gasteiger partial charge in [0.2, 0.25) is 5.03 Å². The molecule has 0 unspecified atom stereocenters. The van der Waals surface area contributed by atoms with Crippen LogP contribution in [-0.2, 0) is 23.6 Å². The molecule has 0 aliphatic rings. The van der Waals surface area contributed by atoms with E-state index in [9.17, 15) is 8.42 Å². The normalized spacial score (nSPS) is 11.9. The molecule has 1 N–H and O–H groups in total. The van der Waals surface area contributed by atoms with Gasteiger partial charge in [0, 0.05) is 13.6 Å². The van der Waals surface area contributed by atoms with Crippen LogP contribution in [0.2, 0.25) is 0 Å². The fraction of sp³-hybridized carbons (Fsp3) is 0.250. The summed E-state index contributed by atoms with van der Waals surface area (Å²) in [5.74, 6) is 0. The summed E-state index contributed by atoms with van der Waals surface area (Å²) in [4.78, 5) is 0. The fourth-order valence-electron chi connectivity index (χ4n) is 1.25. The lowest BCUT2D eigenvalue weighted by Crippen LogP contribution is -2.25. The Kier molecular flexibility index (Phi) is 3.61. The second kappa shape index (κ2) is 4.84. The Morgan fingerprint density at radius 2 is 2.35 bits per heavy atom. The first-order chi connectivity index (χ1) is 8.00. The topological polar surface area (TPSA) is 76.9 Å². The summed E-state index contributed by atoms with van der Waals surface area (Å²) < 4.78 is 27.9. The summed E-state index contributed by atoms with van der Waals surface area (Å²) in [5, 5.41) is 11.1. The number of hydrogen-bond acceptors (Lipinski definition) is 5. The van der Waals surface area contributed by atoms with Crippen LogP contribution in [0.15, 0.2) is 26.5 Å². The minimum absolute atomic E-state index is 0.0210. The van der Waals surface area contributed by atoms with Crippen molar-refractivity contribution in [2.75, 3.05) is 0 Å². The van der Waals surface area contributed by atoms with Crippen LogP contribution in [0.1, 0.15) is 5.56 Å². The van der Waals surface area contributed by atoms with Gasteiger partial charge in [-0.05, 0) is 38.3 Å². The molecule has 92 valence electrons. The highest BCUT2D eigenvalue weighted by Gasteiger charge is 2.23. The first-order valence-corrected chi connectivity index (χ1v) is 7.78. The minimum atomic E-state index is -3.61. The van der Waals surface area contributed by atoms with E-state index in [0.29, 0.717) is 0 Å². The Hall–Kier alpha value is -0.770. The van der Waals surface area contributed by atoms with Crippen molar-refractivity contribution in [3.63, 3.8) is 0 Å². The zero-order chi connectivity index (χ0) is 12.5. The summed E-state index contributed by atoms with van der Waals surface area (Å²) >= 11 is 4.58. The van der Waals surface area contributed by atoms with E-state index in [1.165, 1.54) is 23.1 Å². The van der Waals surface area contributed by atoms with E-state index in [4.69, 9.17) is 0 Å². The Morgan fingerprint density at radius 1 is 1.59 bits per heavy atom. The van der Waals surface area contributed by atoms with E-state index in [-0.39, 0.29) is 16.2 Å². The molecular formula is C8H9BrN4O2S2. The van der Waals surface area contributed by atoms with E-state index >= 15 is 0 Å². The molecule has 2 heterocycles. The van der Waals surface area contributed by atoms with Crippen molar-refractivity contribution < 1.29 is 8.42 Å². The first kappa shape index (κ1) is 12.7. The van der Waals surface area contributed by atoms with Gasteiger partial charge in [-0.2, -0.15) is 11.3 Å². The van der Waals surface area contributed by atoms with Crippen LogP contribution < -0.4 is 4.72 Å².